The highest BCUT2D eigenvalue weighted by molar-refractivity contribution is 5.74. The van der Waals surface area contributed by atoms with E-state index in [1.165, 1.54) is 0 Å². The molecule has 8 nitrogen and oxygen atoms in total. The third-order valence-corrected chi connectivity index (χ3v) is 4.96. The first-order valence-corrected chi connectivity index (χ1v) is 9.44. The molecule has 146 valence electrons. The van der Waals surface area contributed by atoms with Crippen LogP contribution in [0.4, 0.5) is 16.3 Å². The molecular formula is C19H29N7O. The van der Waals surface area contributed by atoms with Crippen molar-refractivity contribution in [3.63, 3.8) is 0 Å². The number of carbonyl (C=O) groups excluding carboxylic acids is 1. The summed E-state index contributed by atoms with van der Waals surface area (Å²) in [5, 5.41) is 13.4. The molecular weight excluding hydrogens is 342 g/mol. The molecule has 2 aromatic rings. The van der Waals surface area contributed by atoms with Gasteiger partial charge in [-0.3, -0.25) is 5.10 Å². The summed E-state index contributed by atoms with van der Waals surface area (Å²) in [5.74, 6) is 0.942. The van der Waals surface area contributed by atoms with Crippen LogP contribution in [0.2, 0.25) is 0 Å². The van der Waals surface area contributed by atoms with Crippen molar-refractivity contribution in [2.24, 2.45) is 0 Å². The number of urea groups is 1. The number of rotatable bonds is 5. The van der Waals surface area contributed by atoms with Crippen LogP contribution in [0.15, 0.2) is 24.5 Å². The predicted molar refractivity (Wildman–Crippen MR) is 107 cm³/mol. The van der Waals surface area contributed by atoms with Gasteiger partial charge in [0.25, 0.3) is 0 Å². The van der Waals surface area contributed by atoms with Crippen LogP contribution in [-0.2, 0) is 6.54 Å². The highest BCUT2D eigenvalue weighted by atomic mass is 16.2. The molecule has 0 unspecified atom stereocenters. The average Bonchev–Trinajstić information content (AvgIpc) is 2.92. The number of anilines is 2. The van der Waals surface area contributed by atoms with Gasteiger partial charge in [-0.2, -0.15) is 5.10 Å². The maximum absolute atomic E-state index is 12.5. The monoisotopic (exact) mass is 371 g/mol. The van der Waals surface area contributed by atoms with Gasteiger partial charge >= 0.3 is 6.03 Å². The number of hydrogen-bond donors (Lipinski definition) is 3. The Labute approximate surface area is 160 Å². The van der Waals surface area contributed by atoms with Gasteiger partial charge in [-0.25, -0.2) is 9.78 Å². The van der Waals surface area contributed by atoms with Crippen LogP contribution in [0, 0.1) is 6.92 Å². The summed E-state index contributed by atoms with van der Waals surface area (Å²) in [7, 11) is 3.96. The minimum atomic E-state index is -0.00625. The molecule has 0 saturated carbocycles. The molecule has 3 heterocycles. The smallest absolute Gasteiger partial charge is 0.317 e. The molecule has 1 aliphatic heterocycles. The lowest BCUT2D eigenvalue weighted by Crippen LogP contribution is -2.40. The lowest BCUT2D eigenvalue weighted by Gasteiger charge is -2.21. The van der Waals surface area contributed by atoms with E-state index in [2.05, 4.69) is 31.9 Å². The molecule has 0 bridgehead atoms. The van der Waals surface area contributed by atoms with E-state index in [4.69, 9.17) is 0 Å². The summed E-state index contributed by atoms with van der Waals surface area (Å²) in [6.07, 6.45) is 6.58. The number of aromatic amines is 1. The summed E-state index contributed by atoms with van der Waals surface area (Å²) in [4.78, 5) is 20.8. The highest BCUT2D eigenvalue weighted by Gasteiger charge is 2.20. The normalized spacial score (nSPS) is 17.3. The van der Waals surface area contributed by atoms with E-state index < -0.39 is 0 Å². The number of aromatic nitrogens is 3. The number of nitrogens with one attached hydrogen (secondary N) is 3. The maximum Gasteiger partial charge on any atom is 0.317 e. The summed E-state index contributed by atoms with van der Waals surface area (Å²) in [6.45, 7) is 3.99. The first-order chi connectivity index (χ1) is 13.0. The van der Waals surface area contributed by atoms with Gasteiger partial charge in [-0.05, 0) is 38.3 Å². The number of nitrogens with zero attached hydrogens (tertiary/aromatic N) is 4. The molecule has 2 amide bonds. The summed E-state index contributed by atoms with van der Waals surface area (Å²) in [6, 6.07) is 4.42. The third kappa shape index (κ3) is 5.12. The molecule has 0 aromatic carbocycles. The van der Waals surface area contributed by atoms with E-state index in [9.17, 15) is 4.79 Å². The van der Waals surface area contributed by atoms with Gasteiger partial charge in [-0.15, -0.1) is 0 Å². The Morgan fingerprint density at radius 2 is 2.15 bits per heavy atom. The fourth-order valence-electron chi connectivity index (χ4n) is 3.25. The SMILES string of the molecule is Cc1[nH]ncc1CNC(=O)N1CCC[C@@H](Nc2ccc(N(C)C)nc2)CC1. The Morgan fingerprint density at radius 3 is 2.81 bits per heavy atom. The minimum absolute atomic E-state index is 0.00625. The minimum Gasteiger partial charge on any atom is -0.381 e. The van der Waals surface area contributed by atoms with E-state index in [0.29, 0.717) is 12.6 Å². The quantitative estimate of drug-likeness (QED) is 0.751. The number of carbonyl (C=O) groups is 1. The second-order valence-corrected chi connectivity index (χ2v) is 7.24. The van der Waals surface area contributed by atoms with Gasteiger partial charge in [0.15, 0.2) is 0 Å². The van der Waals surface area contributed by atoms with Crippen molar-refractivity contribution < 1.29 is 4.79 Å². The van der Waals surface area contributed by atoms with Crippen LogP contribution in [0.25, 0.3) is 0 Å². The molecule has 0 radical (unpaired) electrons. The molecule has 2 aromatic heterocycles. The summed E-state index contributed by atoms with van der Waals surface area (Å²) < 4.78 is 0. The molecule has 3 rings (SSSR count). The topological polar surface area (TPSA) is 89.2 Å². The molecule has 1 saturated heterocycles. The van der Waals surface area contributed by atoms with Crippen molar-refractivity contribution in [3.05, 3.63) is 35.8 Å². The van der Waals surface area contributed by atoms with E-state index in [1.54, 1.807) is 6.20 Å². The number of pyridine rings is 1. The summed E-state index contributed by atoms with van der Waals surface area (Å²) >= 11 is 0. The zero-order valence-corrected chi connectivity index (χ0v) is 16.3. The van der Waals surface area contributed by atoms with E-state index in [-0.39, 0.29) is 6.03 Å². The molecule has 1 atom stereocenters. The van der Waals surface area contributed by atoms with Crippen molar-refractivity contribution in [2.45, 2.75) is 38.8 Å². The first kappa shape index (κ1) is 19.0. The molecule has 3 N–H and O–H groups in total. The van der Waals surface area contributed by atoms with Crippen LogP contribution in [0.1, 0.15) is 30.5 Å². The van der Waals surface area contributed by atoms with Gasteiger partial charge in [0.1, 0.15) is 5.82 Å². The van der Waals surface area contributed by atoms with Crippen molar-refractivity contribution in [2.75, 3.05) is 37.4 Å². The Hall–Kier alpha value is -2.77. The number of likely N-dealkylation sites (tertiary alicyclic amines) is 1. The fourth-order valence-corrected chi connectivity index (χ4v) is 3.25. The van der Waals surface area contributed by atoms with Gasteiger partial charge in [0.2, 0.25) is 0 Å². The number of amides is 2. The number of aryl methyl sites for hydroxylation is 1. The lowest BCUT2D eigenvalue weighted by molar-refractivity contribution is 0.199. The van der Waals surface area contributed by atoms with E-state index >= 15 is 0 Å². The second-order valence-electron chi connectivity index (χ2n) is 7.24. The largest absolute Gasteiger partial charge is 0.381 e. The third-order valence-electron chi connectivity index (χ3n) is 4.96. The van der Waals surface area contributed by atoms with Crippen LogP contribution in [0.5, 0.6) is 0 Å². The lowest BCUT2D eigenvalue weighted by atomic mass is 10.1. The van der Waals surface area contributed by atoms with Crippen LogP contribution < -0.4 is 15.5 Å². The zero-order chi connectivity index (χ0) is 19.2. The van der Waals surface area contributed by atoms with E-state index in [0.717, 1.165) is 55.1 Å². The zero-order valence-electron chi connectivity index (χ0n) is 16.3. The predicted octanol–water partition coefficient (Wildman–Crippen LogP) is 2.36. The Kier molecular flexibility index (Phi) is 6.16. The van der Waals surface area contributed by atoms with Gasteiger partial charge in [0, 0.05) is 51.0 Å². The average molecular weight is 371 g/mol. The Balaban J connectivity index is 1.48. The van der Waals surface area contributed by atoms with Crippen molar-refractivity contribution in [1.29, 1.82) is 0 Å². The first-order valence-electron chi connectivity index (χ1n) is 9.44. The van der Waals surface area contributed by atoms with Crippen molar-refractivity contribution >= 4 is 17.5 Å². The molecule has 27 heavy (non-hydrogen) atoms. The Bertz CT molecular complexity index is 741. The fraction of sp³-hybridized carbons (Fsp3) is 0.526. The molecule has 0 spiro atoms. The van der Waals surface area contributed by atoms with Crippen molar-refractivity contribution in [1.82, 2.24) is 25.4 Å². The van der Waals surface area contributed by atoms with E-state index in [1.807, 2.05) is 43.1 Å². The van der Waals surface area contributed by atoms with Gasteiger partial charge in [0.05, 0.1) is 18.1 Å². The highest BCUT2D eigenvalue weighted by Crippen LogP contribution is 2.18. The van der Waals surface area contributed by atoms with Crippen LogP contribution >= 0.6 is 0 Å². The number of hydrogen-bond acceptors (Lipinski definition) is 5. The second kappa shape index (κ2) is 8.75. The Morgan fingerprint density at radius 1 is 1.30 bits per heavy atom. The van der Waals surface area contributed by atoms with Crippen LogP contribution in [0.3, 0.4) is 0 Å². The van der Waals surface area contributed by atoms with Gasteiger partial charge in [-0.1, -0.05) is 0 Å². The van der Waals surface area contributed by atoms with Gasteiger partial charge < -0.3 is 20.4 Å². The summed E-state index contributed by atoms with van der Waals surface area (Å²) in [5.41, 5.74) is 3.04. The molecule has 8 heteroatoms. The standard InChI is InChI=1S/C19H29N7O/c1-14-15(12-22-24-14)11-21-19(27)26-9-4-5-16(8-10-26)23-17-6-7-18(20-13-17)25(2)3/h6-7,12-13,16,23H,4-5,8-11H2,1-3H3,(H,21,27)(H,22,24)/t16-/m1/s1. The van der Waals surface area contributed by atoms with Crippen LogP contribution in [-0.4, -0.2) is 59.3 Å². The molecule has 0 aliphatic carbocycles. The molecule has 1 fully saturated rings. The van der Waals surface area contributed by atoms with Crippen molar-refractivity contribution in [3.8, 4) is 0 Å². The molecule has 1 aliphatic rings. The number of H-pyrrole nitrogens is 1. The maximum atomic E-state index is 12.5.